The van der Waals surface area contributed by atoms with E-state index in [1.165, 1.54) is 5.56 Å². The van der Waals surface area contributed by atoms with Crippen molar-refractivity contribution in [1.29, 1.82) is 0 Å². The first-order chi connectivity index (χ1) is 8.83. The molecule has 1 fully saturated rings. The summed E-state index contributed by atoms with van der Waals surface area (Å²) in [6.45, 7) is 4.57. The number of likely N-dealkylation sites (N-methyl/N-ethyl adjacent to an activating group) is 1. The van der Waals surface area contributed by atoms with E-state index in [9.17, 15) is 0 Å². The molecule has 0 amide bonds. The standard InChI is InChI=1S/C16H21NO/c1-3-15(17-4-2)16(10-12-18-13-11-16)14-8-6-5-7-9-14/h1,5-9,15,17H,4,10-13H2,2H3. The van der Waals surface area contributed by atoms with Crippen LogP contribution in [0.3, 0.4) is 0 Å². The Morgan fingerprint density at radius 3 is 2.56 bits per heavy atom. The largest absolute Gasteiger partial charge is 0.381 e. The van der Waals surface area contributed by atoms with Crippen LogP contribution in [-0.2, 0) is 10.2 Å². The van der Waals surface area contributed by atoms with Crippen LogP contribution in [-0.4, -0.2) is 25.8 Å². The SMILES string of the molecule is C#CC(NCC)C1(c2ccccc2)CCOCC1. The summed E-state index contributed by atoms with van der Waals surface area (Å²) in [5.41, 5.74) is 1.35. The molecule has 0 spiro atoms. The van der Waals surface area contributed by atoms with E-state index >= 15 is 0 Å². The Morgan fingerprint density at radius 1 is 1.33 bits per heavy atom. The Kier molecular flexibility index (Phi) is 4.41. The van der Waals surface area contributed by atoms with Gasteiger partial charge in [0, 0.05) is 18.6 Å². The van der Waals surface area contributed by atoms with Gasteiger partial charge in [-0.1, -0.05) is 43.2 Å². The molecule has 96 valence electrons. The molecular weight excluding hydrogens is 222 g/mol. The molecule has 1 atom stereocenters. The van der Waals surface area contributed by atoms with Crippen molar-refractivity contribution < 1.29 is 4.74 Å². The molecule has 1 N–H and O–H groups in total. The van der Waals surface area contributed by atoms with Crippen LogP contribution in [0.1, 0.15) is 25.3 Å². The van der Waals surface area contributed by atoms with Crippen molar-refractivity contribution >= 4 is 0 Å². The molecule has 0 aliphatic carbocycles. The van der Waals surface area contributed by atoms with Gasteiger partial charge in [0.2, 0.25) is 0 Å². The highest BCUT2D eigenvalue weighted by Crippen LogP contribution is 2.37. The van der Waals surface area contributed by atoms with E-state index in [2.05, 4.69) is 48.5 Å². The van der Waals surface area contributed by atoms with Gasteiger partial charge in [0.1, 0.15) is 0 Å². The van der Waals surface area contributed by atoms with Crippen LogP contribution >= 0.6 is 0 Å². The van der Waals surface area contributed by atoms with Crippen LogP contribution in [0.25, 0.3) is 0 Å². The van der Waals surface area contributed by atoms with Crippen LogP contribution in [0, 0.1) is 12.3 Å². The minimum Gasteiger partial charge on any atom is -0.381 e. The first kappa shape index (κ1) is 13.1. The Labute approximate surface area is 110 Å². The average molecular weight is 243 g/mol. The fraction of sp³-hybridized carbons (Fsp3) is 0.500. The predicted molar refractivity (Wildman–Crippen MR) is 74.5 cm³/mol. The molecule has 1 aliphatic heterocycles. The summed E-state index contributed by atoms with van der Waals surface area (Å²) in [6, 6.07) is 10.7. The van der Waals surface area contributed by atoms with Crippen LogP contribution in [0.4, 0.5) is 0 Å². The van der Waals surface area contributed by atoms with Crippen molar-refractivity contribution in [3.05, 3.63) is 35.9 Å². The molecule has 18 heavy (non-hydrogen) atoms. The smallest absolute Gasteiger partial charge is 0.0786 e. The van der Waals surface area contributed by atoms with E-state index in [4.69, 9.17) is 11.2 Å². The van der Waals surface area contributed by atoms with Gasteiger partial charge in [0.25, 0.3) is 0 Å². The highest BCUT2D eigenvalue weighted by molar-refractivity contribution is 5.32. The molecule has 2 rings (SSSR count). The lowest BCUT2D eigenvalue weighted by molar-refractivity contribution is 0.0423. The number of benzene rings is 1. The zero-order valence-corrected chi connectivity index (χ0v) is 11.0. The number of hydrogen-bond acceptors (Lipinski definition) is 2. The highest BCUT2D eigenvalue weighted by Gasteiger charge is 2.40. The van der Waals surface area contributed by atoms with Gasteiger partial charge in [-0.15, -0.1) is 6.42 Å². The minimum absolute atomic E-state index is 0.0181. The Morgan fingerprint density at radius 2 is 2.00 bits per heavy atom. The maximum atomic E-state index is 5.76. The summed E-state index contributed by atoms with van der Waals surface area (Å²) < 4.78 is 5.52. The maximum absolute atomic E-state index is 5.76. The fourth-order valence-electron chi connectivity index (χ4n) is 2.87. The summed E-state index contributed by atoms with van der Waals surface area (Å²) in [6.07, 6.45) is 7.73. The molecule has 1 aromatic carbocycles. The molecule has 1 unspecified atom stereocenters. The maximum Gasteiger partial charge on any atom is 0.0786 e. The van der Waals surface area contributed by atoms with Gasteiger partial charge in [-0.2, -0.15) is 0 Å². The van der Waals surface area contributed by atoms with E-state index in [1.54, 1.807) is 0 Å². The third-order valence-electron chi connectivity index (χ3n) is 3.86. The average Bonchev–Trinajstić information content (AvgIpc) is 2.46. The molecule has 0 aromatic heterocycles. The van der Waals surface area contributed by atoms with Gasteiger partial charge in [0.15, 0.2) is 0 Å². The molecule has 1 aliphatic rings. The van der Waals surface area contributed by atoms with Gasteiger partial charge in [-0.3, -0.25) is 0 Å². The first-order valence-electron chi connectivity index (χ1n) is 6.66. The number of hydrogen-bond donors (Lipinski definition) is 1. The number of terminal acetylenes is 1. The zero-order valence-electron chi connectivity index (χ0n) is 11.0. The minimum atomic E-state index is 0.0181. The van der Waals surface area contributed by atoms with E-state index in [1.807, 2.05) is 0 Å². The summed E-state index contributed by atoms with van der Waals surface area (Å²) >= 11 is 0. The summed E-state index contributed by atoms with van der Waals surface area (Å²) in [7, 11) is 0. The van der Waals surface area contributed by atoms with Crippen LogP contribution in [0.2, 0.25) is 0 Å². The summed E-state index contributed by atoms with van der Waals surface area (Å²) in [5, 5.41) is 3.45. The topological polar surface area (TPSA) is 21.3 Å². The van der Waals surface area contributed by atoms with E-state index in [0.717, 1.165) is 32.6 Å². The molecule has 1 heterocycles. The molecule has 0 bridgehead atoms. The van der Waals surface area contributed by atoms with E-state index in [-0.39, 0.29) is 11.5 Å². The molecule has 1 saturated heterocycles. The van der Waals surface area contributed by atoms with Crippen molar-refractivity contribution in [1.82, 2.24) is 5.32 Å². The molecule has 2 heteroatoms. The quantitative estimate of drug-likeness (QED) is 0.820. The Hall–Kier alpha value is -1.30. The number of nitrogens with one attached hydrogen (secondary N) is 1. The van der Waals surface area contributed by atoms with Crippen molar-refractivity contribution in [2.24, 2.45) is 0 Å². The van der Waals surface area contributed by atoms with Gasteiger partial charge in [0.05, 0.1) is 6.04 Å². The molecule has 0 radical (unpaired) electrons. The lowest BCUT2D eigenvalue weighted by Gasteiger charge is -2.42. The second-order valence-electron chi connectivity index (χ2n) is 4.79. The van der Waals surface area contributed by atoms with Gasteiger partial charge in [-0.25, -0.2) is 0 Å². The monoisotopic (exact) mass is 243 g/mol. The van der Waals surface area contributed by atoms with Gasteiger partial charge in [-0.05, 0) is 24.9 Å². The van der Waals surface area contributed by atoms with Crippen LogP contribution in [0.5, 0.6) is 0 Å². The molecular formula is C16H21NO. The molecule has 2 nitrogen and oxygen atoms in total. The predicted octanol–water partition coefficient (Wildman–Crippen LogP) is 2.35. The lowest BCUT2D eigenvalue weighted by atomic mass is 9.69. The van der Waals surface area contributed by atoms with E-state index < -0.39 is 0 Å². The van der Waals surface area contributed by atoms with Crippen molar-refractivity contribution in [3.63, 3.8) is 0 Å². The second-order valence-corrected chi connectivity index (χ2v) is 4.79. The normalized spacial score (nSPS) is 20.0. The van der Waals surface area contributed by atoms with Gasteiger partial charge < -0.3 is 10.1 Å². The Balaban J connectivity index is 2.37. The summed E-state index contributed by atoms with van der Waals surface area (Å²) in [5.74, 6) is 2.95. The van der Waals surface area contributed by atoms with Gasteiger partial charge >= 0.3 is 0 Å². The van der Waals surface area contributed by atoms with Crippen molar-refractivity contribution in [2.75, 3.05) is 19.8 Å². The molecule has 0 saturated carbocycles. The zero-order chi connectivity index (χ0) is 12.8. The second kappa shape index (κ2) is 6.04. The third kappa shape index (κ3) is 2.43. The van der Waals surface area contributed by atoms with Crippen LogP contribution < -0.4 is 5.32 Å². The molecule has 1 aromatic rings. The van der Waals surface area contributed by atoms with Crippen molar-refractivity contribution in [2.45, 2.75) is 31.2 Å². The first-order valence-corrected chi connectivity index (χ1v) is 6.66. The summed E-state index contributed by atoms with van der Waals surface area (Å²) in [4.78, 5) is 0. The third-order valence-corrected chi connectivity index (χ3v) is 3.86. The Bertz CT molecular complexity index is 401. The lowest BCUT2D eigenvalue weighted by Crippen LogP contribution is -2.50. The number of ether oxygens (including phenoxy) is 1. The van der Waals surface area contributed by atoms with E-state index in [0.29, 0.717) is 0 Å². The number of rotatable bonds is 4. The van der Waals surface area contributed by atoms with Crippen molar-refractivity contribution in [3.8, 4) is 12.3 Å². The van der Waals surface area contributed by atoms with Crippen LogP contribution in [0.15, 0.2) is 30.3 Å². The fourth-order valence-corrected chi connectivity index (χ4v) is 2.87. The highest BCUT2D eigenvalue weighted by atomic mass is 16.5.